The van der Waals surface area contributed by atoms with Crippen LogP contribution in [0.4, 0.5) is 0 Å². The normalized spacial score (nSPS) is 12.6. The average Bonchev–Trinajstić information content (AvgIpc) is 2.74. The first-order valence-electron chi connectivity index (χ1n) is 6.02. The number of rotatable bonds is 5. The highest BCUT2D eigenvalue weighted by molar-refractivity contribution is 7.11. The van der Waals surface area contributed by atoms with Crippen LogP contribution in [0, 0.1) is 6.92 Å². The van der Waals surface area contributed by atoms with Gasteiger partial charge in [0.15, 0.2) is 0 Å². The Bertz CT molecular complexity index is 510. The SMILES string of the molecule is Cc1ccc(CC(C)NCc2ccncc2Cl)s1. The Morgan fingerprint density at radius 2 is 2.22 bits per heavy atom. The van der Waals surface area contributed by atoms with E-state index in [1.807, 2.05) is 17.4 Å². The van der Waals surface area contributed by atoms with Crippen LogP contribution in [0.15, 0.2) is 30.6 Å². The third kappa shape index (κ3) is 3.80. The predicted octanol–water partition coefficient (Wildman–Crippen LogP) is 3.83. The summed E-state index contributed by atoms with van der Waals surface area (Å²) in [5.41, 5.74) is 1.10. The Balaban J connectivity index is 1.85. The molecule has 0 aliphatic heterocycles. The van der Waals surface area contributed by atoms with Gasteiger partial charge in [-0.25, -0.2) is 0 Å². The number of hydrogen-bond donors (Lipinski definition) is 1. The Kier molecular flexibility index (Phi) is 4.75. The van der Waals surface area contributed by atoms with Crippen LogP contribution in [-0.4, -0.2) is 11.0 Å². The van der Waals surface area contributed by atoms with Crippen molar-refractivity contribution in [3.63, 3.8) is 0 Å². The molecule has 1 N–H and O–H groups in total. The molecule has 0 aromatic carbocycles. The van der Waals surface area contributed by atoms with E-state index < -0.39 is 0 Å². The molecule has 18 heavy (non-hydrogen) atoms. The standard InChI is InChI=1S/C14H17ClN2S/c1-10(7-13-4-3-11(2)18-13)17-8-12-5-6-16-9-14(12)15/h3-6,9-10,17H,7-8H2,1-2H3. The van der Waals surface area contributed by atoms with E-state index in [9.17, 15) is 0 Å². The lowest BCUT2D eigenvalue weighted by Gasteiger charge is -2.13. The molecule has 0 fully saturated rings. The van der Waals surface area contributed by atoms with Gasteiger partial charge in [-0.05, 0) is 44.0 Å². The molecule has 2 nitrogen and oxygen atoms in total. The summed E-state index contributed by atoms with van der Waals surface area (Å²) in [4.78, 5) is 6.78. The van der Waals surface area contributed by atoms with Gasteiger partial charge >= 0.3 is 0 Å². The molecular formula is C14H17ClN2S. The van der Waals surface area contributed by atoms with Gasteiger partial charge in [-0.2, -0.15) is 0 Å². The van der Waals surface area contributed by atoms with Gasteiger partial charge in [-0.15, -0.1) is 11.3 Å². The fourth-order valence-corrected chi connectivity index (χ4v) is 3.01. The number of aryl methyl sites for hydroxylation is 1. The van der Waals surface area contributed by atoms with Crippen LogP contribution in [0.1, 0.15) is 22.2 Å². The van der Waals surface area contributed by atoms with Crippen molar-refractivity contribution in [3.05, 3.63) is 50.9 Å². The minimum absolute atomic E-state index is 0.437. The summed E-state index contributed by atoms with van der Waals surface area (Å²) in [5.74, 6) is 0. The zero-order valence-electron chi connectivity index (χ0n) is 10.6. The minimum atomic E-state index is 0.437. The maximum atomic E-state index is 6.07. The Morgan fingerprint density at radius 1 is 1.39 bits per heavy atom. The number of hydrogen-bond acceptors (Lipinski definition) is 3. The minimum Gasteiger partial charge on any atom is -0.310 e. The number of nitrogens with one attached hydrogen (secondary N) is 1. The first-order chi connectivity index (χ1) is 8.65. The highest BCUT2D eigenvalue weighted by Crippen LogP contribution is 2.17. The van der Waals surface area contributed by atoms with Crippen molar-refractivity contribution in [2.24, 2.45) is 0 Å². The van der Waals surface area contributed by atoms with Gasteiger partial charge in [0, 0.05) is 34.7 Å². The fourth-order valence-electron chi connectivity index (χ4n) is 1.80. The van der Waals surface area contributed by atoms with Crippen LogP contribution in [0.25, 0.3) is 0 Å². The van der Waals surface area contributed by atoms with Crippen molar-refractivity contribution in [1.29, 1.82) is 0 Å². The van der Waals surface area contributed by atoms with Crippen LogP contribution in [-0.2, 0) is 13.0 Å². The van der Waals surface area contributed by atoms with Gasteiger partial charge in [-0.1, -0.05) is 11.6 Å². The number of halogens is 1. The van der Waals surface area contributed by atoms with E-state index in [1.165, 1.54) is 9.75 Å². The Hall–Kier alpha value is -0.900. The molecule has 0 radical (unpaired) electrons. The van der Waals surface area contributed by atoms with Crippen LogP contribution < -0.4 is 5.32 Å². The molecule has 2 rings (SSSR count). The maximum absolute atomic E-state index is 6.07. The zero-order chi connectivity index (χ0) is 13.0. The summed E-state index contributed by atoms with van der Waals surface area (Å²) in [6.07, 6.45) is 4.52. The molecule has 0 bridgehead atoms. The van der Waals surface area contributed by atoms with Crippen LogP contribution >= 0.6 is 22.9 Å². The molecule has 1 atom stereocenters. The largest absolute Gasteiger partial charge is 0.310 e. The second-order valence-electron chi connectivity index (χ2n) is 4.47. The highest BCUT2D eigenvalue weighted by atomic mass is 35.5. The van der Waals surface area contributed by atoms with Gasteiger partial charge in [0.05, 0.1) is 5.02 Å². The second-order valence-corrected chi connectivity index (χ2v) is 6.25. The van der Waals surface area contributed by atoms with Crippen molar-refractivity contribution in [2.75, 3.05) is 0 Å². The van der Waals surface area contributed by atoms with Gasteiger partial charge < -0.3 is 5.32 Å². The van der Waals surface area contributed by atoms with Crippen molar-refractivity contribution in [2.45, 2.75) is 32.9 Å². The lowest BCUT2D eigenvalue weighted by atomic mass is 10.2. The molecular weight excluding hydrogens is 264 g/mol. The fraction of sp³-hybridized carbons (Fsp3) is 0.357. The molecule has 0 amide bonds. The number of thiophene rings is 1. The summed E-state index contributed by atoms with van der Waals surface area (Å²) in [7, 11) is 0. The smallest absolute Gasteiger partial charge is 0.0634 e. The van der Waals surface area contributed by atoms with E-state index in [0.717, 1.165) is 23.6 Å². The van der Waals surface area contributed by atoms with Gasteiger partial charge in [0.2, 0.25) is 0 Å². The van der Waals surface area contributed by atoms with Crippen LogP contribution in [0.2, 0.25) is 5.02 Å². The number of aromatic nitrogens is 1. The molecule has 0 aliphatic carbocycles. The molecule has 2 heterocycles. The van der Waals surface area contributed by atoms with E-state index in [0.29, 0.717) is 6.04 Å². The first kappa shape index (κ1) is 13.5. The molecule has 0 saturated carbocycles. The van der Waals surface area contributed by atoms with E-state index in [4.69, 9.17) is 11.6 Å². The van der Waals surface area contributed by atoms with Gasteiger partial charge in [0.1, 0.15) is 0 Å². The van der Waals surface area contributed by atoms with Crippen molar-refractivity contribution in [1.82, 2.24) is 10.3 Å². The molecule has 96 valence electrons. The van der Waals surface area contributed by atoms with Gasteiger partial charge in [0.25, 0.3) is 0 Å². The molecule has 2 aromatic rings. The van der Waals surface area contributed by atoms with E-state index in [-0.39, 0.29) is 0 Å². The van der Waals surface area contributed by atoms with Crippen molar-refractivity contribution in [3.8, 4) is 0 Å². The molecule has 0 spiro atoms. The van der Waals surface area contributed by atoms with E-state index >= 15 is 0 Å². The summed E-state index contributed by atoms with van der Waals surface area (Å²) < 4.78 is 0. The average molecular weight is 281 g/mol. The molecule has 0 aliphatic rings. The maximum Gasteiger partial charge on any atom is 0.0634 e. The zero-order valence-corrected chi connectivity index (χ0v) is 12.2. The molecule has 0 saturated heterocycles. The first-order valence-corrected chi connectivity index (χ1v) is 7.21. The van der Waals surface area contributed by atoms with Crippen LogP contribution in [0.3, 0.4) is 0 Å². The number of nitrogens with zero attached hydrogens (tertiary/aromatic N) is 1. The van der Waals surface area contributed by atoms with Gasteiger partial charge in [-0.3, -0.25) is 4.98 Å². The quantitative estimate of drug-likeness (QED) is 0.900. The monoisotopic (exact) mass is 280 g/mol. The topological polar surface area (TPSA) is 24.9 Å². The predicted molar refractivity (Wildman–Crippen MR) is 78.3 cm³/mol. The summed E-state index contributed by atoms with van der Waals surface area (Å²) in [6.45, 7) is 5.13. The summed E-state index contributed by atoms with van der Waals surface area (Å²) >= 11 is 7.94. The Morgan fingerprint density at radius 3 is 2.89 bits per heavy atom. The van der Waals surface area contributed by atoms with E-state index in [2.05, 4.69) is 36.3 Å². The molecule has 2 aromatic heterocycles. The second kappa shape index (κ2) is 6.32. The Labute approximate surface area is 117 Å². The highest BCUT2D eigenvalue weighted by Gasteiger charge is 2.06. The third-order valence-electron chi connectivity index (χ3n) is 2.80. The third-order valence-corrected chi connectivity index (χ3v) is 4.16. The van der Waals surface area contributed by atoms with Crippen molar-refractivity contribution < 1.29 is 0 Å². The summed E-state index contributed by atoms with van der Waals surface area (Å²) in [6, 6.07) is 6.77. The lowest BCUT2D eigenvalue weighted by Crippen LogP contribution is -2.27. The molecule has 4 heteroatoms. The van der Waals surface area contributed by atoms with Crippen molar-refractivity contribution >= 4 is 22.9 Å². The lowest BCUT2D eigenvalue weighted by molar-refractivity contribution is 0.548. The van der Waals surface area contributed by atoms with E-state index in [1.54, 1.807) is 12.4 Å². The van der Waals surface area contributed by atoms with Crippen LogP contribution in [0.5, 0.6) is 0 Å². The number of pyridine rings is 1. The molecule has 1 unspecified atom stereocenters. The summed E-state index contributed by atoms with van der Waals surface area (Å²) in [5, 5.41) is 4.22.